The van der Waals surface area contributed by atoms with Crippen LogP contribution >= 0.6 is 11.6 Å². The van der Waals surface area contributed by atoms with Crippen LogP contribution < -0.4 is 15.2 Å². The molecule has 1 N–H and O–H groups in total. The number of rotatable bonds is 7. The fourth-order valence-corrected chi connectivity index (χ4v) is 9.41. The number of aliphatic hydroxyl groups is 1. The Hall–Kier alpha value is -3.91. The number of fused-ring (bicyclic) bond motifs is 2. The number of hydrogen-bond acceptors (Lipinski definition) is 8. The van der Waals surface area contributed by atoms with Crippen LogP contribution in [0.3, 0.4) is 0 Å². The van der Waals surface area contributed by atoms with E-state index in [1.165, 1.54) is 0 Å². The molecule has 1 unspecified atom stereocenters. The molecule has 14 heteroatoms. The predicted octanol–water partition coefficient (Wildman–Crippen LogP) is 4.68. The van der Waals surface area contributed by atoms with Crippen LogP contribution in [0.1, 0.15) is 52.0 Å². The van der Waals surface area contributed by atoms with Crippen LogP contribution in [0.15, 0.2) is 47.4 Å². The highest BCUT2D eigenvalue weighted by Crippen LogP contribution is 2.49. The fraction of sp³-hybridized carbons (Fsp3) is 0.472. The molecular formula is C36H44ClN8O4S+. The van der Waals surface area contributed by atoms with Gasteiger partial charge in [0.15, 0.2) is 17.1 Å². The third kappa shape index (κ3) is 5.87. The van der Waals surface area contributed by atoms with Gasteiger partial charge in [-0.3, -0.25) is 18.7 Å². The summed E-state index contributed by atoms with van der Waals surface area (Å²) in [6.45, 7) is 11.7. The van der Waals surface area contributed by atoms with Gasteiger partial charge in [-0.25, -0.2) is 0 Å². The highest BCUT2D eigenvalue weighted by molar-refractivity contribution is 7.86. The Balaban J connectivity index is 1.27. The Morgan fingerprint density at radius 3 is 2.50 bits per heavy atom. The van der Waals surface area contributed by atoms with Crippen molar-refractivity contribution in [2.24, 2.45) is 19.5 Å². The minimum Gasteiger partial charge on any atom is -0.557 e. The van der Waals surface area contributed by atoms with Gasteiger partial charge in [0.05, 0.1) is 36.0 Å². The molecule has 50 heavy (non-hydrogen) atoms. The lowest BCUT2D eigenvalue weighted by Crippen LogP contribution is -2.51. The molecule has 0 amide bonds. The molecule has 1 spiro atoms. The van der Waals surface area contributed by atoms with Crippen molar-refractivity contribution in [2.45, 2.75) is 69.9 Å². The van der Waals surface area contributed by atoms with Crippen LogP contribution in [-0.2, 0) is 32.0 Å². The number of methoxy groups -OCH3 is 1. The topological polar surface area (TPSA) is 129 Å². The van der Waals surface area contributed by atoms with E-state index in [0.29, 0.717) is 65.7 Å². The quantitative estimate of drug-likeness (QED) is 0.146. The van der Waals surface area contributed by atoms with E-state index < -0.39 is 22.2 Å². The molecule has 4 heterocycles. The summed E-state index contributed by atoms with van der Waals surface area (Å²) in [5.74, 6) is 1.28. The van der Waals surface area contributed by atoms with E-state index in [2.05, 4.69) is 16.7 Å². The third-order valence-electron chi connectivity index (χ3n) is 10.4. The molecule has 2 fully saturated rings. The molecule has 3 atom stereocenters. The third-order valence-corrected chi connectivity index (χ3v) is 12.5. The van der Waals surface area contributed by atoms with Crippen molar-refractivity contribution in [2.75, 3.05) is 25.1 Å². The van der Waals surface area contributed by atoms with Crippen molar-refractivity contribution < 1.29 is 18.4 Å². The number of nitrogens with zero attached hydrogens (tertiary/aromatic N) is 8. The minimum absolute atomic E-state index is 0.114. The number of aryl methyl sites for hydroxylation is 1. The zero-order valence-electron chi connectivity index (χ0n) is 29.4. The summed E-state index contributed by atoms with van der Waals surface area (Å²) in [4.78, 5) is 21.6. The summed E-state index contributed by atoms with van der Waals surface area (Å²) in [5, 5.41) is 21.9. The Bertz CT molecular complexity index is 2160. The van der Waals surface area contributed by atoms with E-state index in [1.807, 2.05) is 75.1 Å². The molecule has 264 valence electrons. The lowest BCUT2D eigenvalue weighted by atomic mass is 9.74. The summed E-state index contributed by atoms with van der Waals surface area (Å²) in [5.41, 5.74) is 2.87. The average Bonchev–Trinajstić information content (AvgIpc) is 3.75. The first-order valence-electron chi connectivity index (χ1n) is 16.9. The zero-order valence-corrected chi connectivity index (χ0v) is 31.0. The van der Waals surface area contributed by atoms with Gasteiger partial charge in [0.2, 0.25) is 23.4 Å². The maximum atomic E-state index is 14.4. The molecule has 2 aliphatic rings. The number of benzene rings is 2. The number of ether oxygens (including phenoxy) is 1. The van der Waals surface area contributed by atoms with E-state index >= 15 is 0 Å². The molecule has 2 aromatic carbocycles. The molecule has 12 nitrogen and oxygen atoms in total. The van der Waals surface area contributed by atoms with Crippen molar-refractivity contribution in [3.8, 4) is 17.0 Å². The number of piperidine rings is 1. The van der Waals surface area contributed by atoms with Gasteiger partial charge < -0.3 is 19.3 Å². The number of hydrogen-bond donors (Lipinski definition) is 1. The second kappa shape index (κ2) is 12.7. The highest BCUT2D eigenvalue weighted by Gasteiger charge is 2.58. The smallest absolute Gasteiger partial charge is 0.266 e. The first-order chi connectivity index (χ1) is 23.7. The SMILES string of the molecule is C=[N+]([C@@H]1C[C@@H](O)CC12CCN(c1nc3nn(Cc4ccc(OC)cc4)c(-c4ccc5nn(C)cc5c4Cl)c3c(=O)n1C)CC2)[S+]([O-])C(C)(C)C. The molecule has 5 aromatic rings. The van der Waals surface area contributed by atoms with E-state index in [4.69, 9.17) is 26.4 Å². The minimum atomic E-state index is -1.31. The average molecular weight is 720 g/mol. The van der Waals surface area contributed by atoms with Gasteiger partial charge in [0.25, 0.3) is 5.56 Å². The molecule has 1 aliphatic carbocycles. The molecule has 7 rings (SSSR count). The maximum absolute atomic E-state index is 14.4. The van der Waals surface area contributed by atoms with Crippen LogP contribution in [0.25, 0.3) is 33.2 Å². The number of aromatic nitrogens is 6. The van der Waals surface area contributed by atoms with Crippen molar-refractivity contribution in [1.82, 2.24) is 29.1 Å². The zero-order chi connectivity index (χ0) is 35.7. The van der Waals surface area contributed by atoms with Gasteiger partial charge >= 0.3 is 0 Å². The lowest BCUT2D eigenvalue weighted by molar-refractivity contribution is -0.432. The van der Waals surface area contributed by atoms with Gasteiger partial charge in [-0.15, -0.1) is 0 Å². The Morgan fingerprint density at radius 2 is 1.84 bits per heavy atom. The van der Waals surface area contributed by atoms with Crippen LogP contribution in [0.2, 0.25) is 5.02 Å². The number of halogens is 1. The summed E-state index contributed by atoms with van der Waals surface area (Å²) >= 11 is 5.75. The lowest BCUT2D eigenvalue weighted by Gasteiger charge is -2.41. The Kier molecular flexibility index (Phi) is 8.77. The van der Waals surface area contributed by atoms with Gasteiger partial charge in [-0.2, -0.15) is 15.2 Å². The molecular weight excluding hydrogens is 676 g/mol. The van der Waals surface area contributed by atoms with Crippen LogP contribution in [0, 0.1) is 5.41 Å². The number of anilines is 1. The molecule has 0 radical (unpaired) electrons. The first-order valence-corrected chi connectivity index (χ1v) is 18.4. The van der Waals surface area contributed by atoms with E-state index in [1.54, 1.807) is 27.4 Å². The van der Waals surface area contributed by atoms with E-state index in [0.717, 1.165) is 35.1 Å². The monoisotopic (exact) mass is 719 g/mol. The van der Waals surface area contributed by atoms with Gasteiger partial charge in [0.1, 0.15) is 11.1 Å². The normalized spacial score (nSPS) is 19.9. The molecule has 1 aliphatic heterocycles. The van der Waals surface area contributed by atoms with Crippen molar-refractivity contribution in [3.05, 3.63) is 63.5 Å². The number of aliphatic hydroxyl groups excluding tert-OH is 1. The molecule has 0 bridgehead atoms. The summed E-state index contributed by atoms with van der Waals surface area (Å²) in [6.07, 6.45) is 4.05. The molecule has 1 saturated heterocycles. The summed E-state index contributed by atoms with van der Waals surface area (Å²) in [7, 11) is 5.22. The van der Waals surface area contributed by atoms with Crippen LogP contribution in [0.5, 0.6) is 5.75 Å². The summed E-state index contributed by atoms with van der Waals surface area (Å²) < 4.78 is 25.1. The van der Waals surface area contributed by atoms with Gasteiger partial charge in [-0.1, -0.05) is 23.7 Å². The Morgan fingerprint density at radius 1 is 1.14 bits per heavy atom. The largest absolute Gasteiger partial charge is 0.557 e. The van der Waals surface area contributed by atoms with Gasteiger partial charge in [-0.05, 0) is 73.8 Å². The van der Waals surface area contributed by atoms with Gasteiger partial charge in [0, 0.05) is 56.2 Å². The van der Waals surface area contributed by atoms with Crippen molar-refractivity contribution in [1.29, 1.82) is 0 Å². The second-order valence-corrected chi connectivity index (χ2v) is 17.3. The van der Waals surface area contributed by atoms with Crippen molar-refractivity contribution >= 4 is 57.6 Å². The molecule has 3 aromatic heterocycles. The molecule has 1 saturated carbocycles. The van der Waals surface area contributed by atoms with E-state index in [9.17, 15) is 14.5 Å². The second-order valence-electron chi connectivity index (χ2n) is 14.7. The van der Waals surface area contributed by atoms with Crippen molar-refractivity contribution in [3.63, 3.8) is 0 Å². The van der Waals surface area contributed by atoms with Crippen LogP contribution in [0.4, 0.5) is 5.95 Å². The first kappa shape index (κ1) is 34.5. The predicted molar refractivity (Wildman–Crippen MR) is 198 cm³/mol. The standard InChI is InChI=1S/C36H44ClN8O4S/c1-35(2,3)50(48)43(6)28-18-23(46)19-36(28)14-16-44(17-15-36)34-38-32-29(33(47)42(34)5)31(25-12-13-27-26(30(25)37)21-41(4)39-27)45(40-32)20-22-8-10-24(49-7)11-9-22/h8-13,21,23,28,46H,6,14-20H2,1-5,7H3/q+1/t23-,28-,50?/m1/s1. The Labute approximate surface area is 299 Å². The van der Waals surface area contributed by atoms with E-state index in [-0.39, 0.29) is 17.0 Å². The fourth-order valence-electron chi connectivity index (χ4n) is 7.86. The summed E-state index contributed by atoms with van der Waals surface area (Å²) in [6, 6.07) is 11.4. The van der Waals surface area contributed by atoms with Crippen LogP contribution in [-0.4, -0.2) is 86.6 Å². The maximum Gasteiger partial charge on any atom is 0.266 e. The highest BCUT2D eigenvalue weighted by atomic mass is 35.5.